The standard InChI is InChI=1S/C13H16N6O.ClH/c20-12(11-4-1-2-5-14-11)18-10-8-17-19(9-10)13-15-6-3-7-16-13;/h3,6-9,11,14H,1-2,4-5H2,(H,18,20);1H. The van der Waals surface area contributed by atoms with Crippen molar-refractivity contribution >= 4 is 24.0 Å². The van der Waals surface area contributed by atoms with Crippen molar-refractivity contribution in [2.75, 3.05) is 11.9 Å². The zero-order valence-electron chi connectivity index (χ0n) is 11.4. The van der Waals surface area contributed by atoms with Crippen LogP contribution in [0.15, 0.2) is 30.9 Å². The molecule has 1 amide bonds. The molecular weight excluding hydrogens is 292 g/mol. The molecule has 8 heteroatoms. The van der Waals surface area contributed by atoms with Crippen LogP contribution in [0.4, 0.5) is 5.69 Å². The second kappa shape index (κ2) is 7.14. The summed E-state index contributed by atoms with van der Waals surface area (Å²) in [4.78, 5) is 20.3. The first kappa shape index (κ1) is 15.4. The molecule has 1 aliphatic heterocycles. The van der Waals surface area contributed by atoms with Crippen LogP contribution in [0.3, 0.4) is 0 Å². The van der Waals surface area contributed by atoms with Crippen LogP contribution in [-0.2, 0) is 4.79 Å². The molecule has 3 heterocycles. The van der Waals surface area contributed by atoms with Crippen LogP contribution in [0.5, 0.6) is 0 Å². The molecule has 0 aliphatic carbocycles. The van der Waals surface area contributed by atoms with E-state index in [0.717, 1.165) is 25.8 Å². The molecule has 1 unspecified atom stereocenters. The number of aromatic nitrogens is 4. The second-order valence-corrected chi connectivity index (χ2v) is 4.71. The second-order valence-electron chi connectivity index (χ2n) is 4.71. The zero-order valence-corrected chi connectivity index (χ0v) is 12.2. The summed E-state index contributed by atoms with van der Waals surface area (Å²) in [5.41, 5.74) is 0.648. The van der Waals surface area contributed by atoms with Crippen molar-refractivity contribution in [3.05, 3.63) is 30.9 Å². The van der Waals surface area contributed by atoms with Gasteiger partial charge in [0.1, 0.15) is 0 Å². The van der Waals surface area contributed by atoms with Crippen molar-refractivity contribution in [2.45, 2.75) is 25.3 Å². The van der Waals surface area contributed by atoms with Crippen molar-refractivity contribution in [3.63, 3.8) is 0 Å². The lowest BCUT2D eigenvalue weighted by Crippen LogP contribution is -2.43. The molecule has 1 aliphatic rings. The fraction of sp³-hybridized carbons (Fsp3) is 0.385. The van der Waals surface area contributed by atoms with Crippen LogP contribution in [0.1, 0.15) is 19.3 Å². The number of halogens is 1. The van der Waals surface area contributed by atoms with Gasteiger partial charge in [-0.25, -0.2) is 14.6 Å². The summed E-state index contributed by atoms with van der Waals surface area (Å²) in [5.74, 6) is 0.460. The Morgan fingerprint density at radius 1 is 1.33 bits per heavy atom. The summed E-state index contributed by atoms with van der Waals surface area (Å²) >= 11 is 0. The van der Waals surface area contributed by atoms with Gasteiger partial charge in [0.25, 0.3) is 0 Å². The van der Waals surface area contributed by atoms with E-state index in [9.17, 15) is 4.79 Å². The molecule has 0 saturated carbocycles. The van der Waals surface area contributed by atoms with Gasteiger partial charge in [0.15, 0.2) is 0 Å². The number of hydrogen-bond donors (Lipinski definition) is 2. The van der Waals surface area contributed by atoms with Gasteiger partial charge >= 0.3 is 0 Å². The van der Waals surface area contributed by atoms with Crippen molar-refractivity contribution in [2.24, 2.45) is 0 Å². The highest BCUT2D eigenvalue weighted by molar-refractivity contribution is 5.94. The maximum Gasteiger partial charge on any atom is 0.250 e. The third-order valence-electron chi connectivity index (χ3n) is 3.23. The normalized spacial score (nSPS) is 17.8. The summed E-state index contributed by atoms with van der Waals surface area (Å²) in [5, 5.41) is 10.2. The van der Waals surface area contributed by atoms with E-state index < -0.39 is 0 Å². The van der Waals surface area contributed by atoms with E-state index in [0.29, 0.717) is 11.6 Å². The maximum absolute atomic E-state index is 12.1. The lowest BCUT2D eigenvalue weighted by molar-refractivity contribution is -0.118. The first-order chi connectivity index (χ1) is 9.83. The van der Waals surface area contributed by atoms with Crippen molar-refractivity contribution in [1.82, 2.24) is 25.1 Å². The fourth-order valence-electron chi connectivity index (χ4n) is 2.21. The summed E-state index contributed by atoms with van der Waals surface area (Å²) in [6, 6.07) is 1.63. The molecule has 2 aromatic heterocycles. The number of nitrogens with one attached hydrogen (secondary N) is 2. The van der Waals surface area contributed by atoms with Crippen LogP contribution < -0.4 is 10.6 Å². The third-order valence-corrected chi connectivity index (χ3v) is 3.23. The molecule has 0 aromatic carbocycles. The number of piperidine rings is 1. The fourth-order valence-corrected chi connectivity index (χ4v) is 2.21. The molecular formula is C13H17ClN6O. The van der Waals surface area contributed by atoms with Gasteiger partial charge in [-0.05, 0) is 25.5 Å². The average molecular weight is 309 g/mol. The molecule has 1 saturated heterocycles. The summed E-state index contributed by atoms with van der Waals surface area (Å²) < 4.78 is 1.53. The quantitative estimate of drug-likeness (QED) is 0.889. The van der Waals surface area contributed by atoms with Crippen molar-refractivity contribution < 1.29 is 4.79 Å². The Morgan fingerprint density at radius 2 is 2.14 bits per heavy atom. The molecule has 2 aromatic rings. The van der Waals surface area contributed by atoms with E-state index in [1.807, 2.05) is 0 Å². The minimum absolute atomic E-state index is 0. The SMILES string of the molecule is Cl.O=C(Nc1cnn(-c2ncccn2)c1)C1CCCCN1. The van der Waals surface area contributed by atoms with Crippen LogP contribution >= 0.6 is 12.4 Å². The van der Waals surface area contributed by atoms with E-state index in [2.05, 4.69) is 25.7 Å². The van der Waals surface area contributed by atoms with E-state index in [-0.39, 0.29) is 24.4 Å². The molecule has 0 radical (unpaired) electrons. The minimum Gasteiger partial charge on any atom is -0.322 e. The number of nitrogens with zero attached hydrogens (tertiary/aromatic N) is 4. The Bertz CT molecular complexity index is 581. The molecule has 7 nitrogen and oxygen atoms in total. The average Bonchev–Trinajstić information content (AvgIpc) is 2.97. The predicted octanol–water partition coefficient (Wildman–Crippen LogP) is 1.16. The van der Waals surface area contributed by atoms with Crippen LogP contribution in [0, 0.1) is 0 Å². The molecule has 1 fully saturated rings. The Balaban J connectivity index is 0.00000161. The van der Waals surface area contributed by atoms with Gasteiger partial charge in [-0.2, -0.15) is 5.10 Å². The number of carbonyl (C=O) groups excluding carboxylic acids is 1. The molecule has 1 atom stereocenters. The Labute approximate surface area is 128 Å². The Hall–Kier alpha value is -1.99. The highest BCUT2D eigenvalue weighted by Gasteiger charge is 2.20. The zero-order chi connectivity index (χ0) is 13.8. The molecule has 21 heavy (non-hydrogen) atoms. The topological polar surface area (TPSA) is 84.7 Å². The smallest absolute Gasteiger partial charge is 0.250 e. The molecule has 3 rings (SSSR count). The van der Waals surface area contributed by atoms with Crippen LogP contribution in [0.2, 0.25) is 0 Å². The summed E-state index contributed by atoms with van der Waals surface area (Å²) in [6.45, 7) is 0.898. The number of anilines is 1. The van der Waals surface area contributed by atoms with Gasteiger partial charge in [0.05, 0.1) is 24.1 Å². The van der Waals surface area contributed by atoms with E-state index >= 15 is 0 Å². The van der Waals surface area contributed by atoms with Crippen LogP contribution in [0.25, 0.3) is 5.95 Å². The largest absolute Gasteiger partial charge is 0.322 e. The lowest BCUT2D eigenvalue weighted by atomic mass is 10.0. The van der Waals surface area contributed by atoms with Gasteiger partial charge in [0, 0.05) is 12.4 Å². The number of amides is 1. The molecule has 0 bridgehead atoms. The molecule has 112 valence electrons. The minimum atomic E-state index is -0.111. The predicted molar refractivity (Wildman–Crippen MR) is 80.7 cm³/mol. The van der Waals surface area contributed by atoms with Gasteiger partial charge in [-0.3, -0.25) is 4.79 Å². The summed E-state index contributed by atoms with van der Waals surface area (Å²) in [6.07, 6.45) is 9.69. The van der Waals surface area contributed by atoms with Crippen molar-refractivity contribution in [1.29, 1.82) is 0 Å². The van der Waals surface area contributed by atoms with Gasteiger partial charge in [0.2, 0.25) is 11.9 Å². The van der Waals surface area contributed by atoms with Crippen molar-refractivity contribution in [3.8, 4) is 5.95 Å². The van der Waals surface area contributed by atoms with E-state index in [4.69, 9.17) is 0 Å². The number of hydrogen-bond acceptors (Lipinski definition) is 5. The Morgan fingerprint density at radius 3 is 2.86 bits per heavy atom. The number of carbonyl (C=O) groups is 1. The monoisotopic (exact) mass is 308 g/mol. The lowest BCUT2D eigenvalue weighted by Gasteiger charge is -2.22. The third kappa shape index (κ3) is 3.77. The first-order valence-corrected chi connectivity index (χ1v) is 6.69. The molecule has 2 N–H and O–H groups in total. The number of rotatable bonds is 3. The highest BCUT2D eigenvalue weighted by Crippen LogP contribution is 2.12. The maximum atomic E-state index is 12.1. The summed E-state index contributed by atoms with van der Waals surface area (Å²) in [7, 11) is 0. The van der Waals surface area contributed by atoms with Gasteiger partial charge < -0.3 is 10.6 Å². The Kier molecular flexibility index (Phi) is 5.24. The van der Waals surface area contributed by atoms with Gasteiger partial charge in [-0.1, -0.05) is 6.42 Å². The molecule has 0 spiro atoms. The van der Waals surface area contributed by atoms with E-state index in [1.165, 1.54) is 4.68 Å². The van der Waals surface area contributed by atoms with E-state index in [1.54, 1.807) is 30.9 Å². The van der Waals surface area contributed by atoms with Gasteiger partial charge in [-0.15, -0.1) is 12.4 Å². The highest BCUT2D eigenvalue weighted by atomic mass is 35.5. The first-order valence-electron chi connectivity index (χ1n) is 6.69. The van der Waals surface area contributed by atoms with Crippen LogP contribution in [-0.4, -0.2) is 38.2 Å².